The lowest BCUT2D eigenvalue weighted by atomic mass is 10.2. The van der Waals surface area contributed by atoms with E-state index >= 15 is 0 Å². The number of rotatable bonds is 5. The number of sulfone groups is 1. The summed E-state index contributed by atoms with van der Waals surface area (Å²) in [5, 5.41) is 13.1. The first kappa shape index (κ1) is 20.3. The van der Waals surface area contributed by atoms with Crippen molar-refractivity contribution < 1.29 is 18.1 Å². The molecule has 138 valence electrons. The molecular formula is C16H14BrClN2O5S. The molecular weight excluding hydrogens is 448 g/mol. The number of amides is 1. The highest BCUT2D eigenvalue weighted by Crippen LogP contribution is 2.30. The van der Waals surface area contributed by atoms with E-state index in [9.17, 15) is 23.3 Å². The van der Waals surface area contributed by atoms with Gasteiger partial charge in [-0.1, -0.05) is 27.5 Å². The third kappa shape index (κ3) is 3.89. The molecule has 1 amide bonds. The highest BCUT2D eigenvalue weighted by molar-refractivity contribution is 9.10. The molecule has 0 saturated carbocycles. The van der Waals surface area contributed by atoms with Crippen LogP contribution < -0.4 is 5.32 Å². The smallest absolute Gasteiger partial charge is 0.288 e. The van der Waals surface area contributed by atoms with Crippen LogP contribution in [0.4, 0.5) is 11.4 Å². The van der Waals surface area contributed by atoms with Gasteiger partial charge in [-0.15, -0.1) is 0 Å². The minimum atomic E-state index is -3.98. The zero-order chi connectivity index (χ0) is 19.7. The number of anilines is 1. The van der Waals surface area contributed by atoms with Gasteiger partial charge >= 0.3 is 0 Å². The maximum absolute atomic E-state index is 12.8. The molecule has 0 atom stereocenters. The lowest BCUT2D eigenvalue weighted by Gasteiger charge is -2.24. The zero-order valence-corrected chi connectivity index (χ0v) is 16.9. The maximum Gasteiger partial charge on any atom is 0.288 e. The second-order valence-electron chi connectivity index (χ2n) is 5.85. The van der Waals surface area contributed by atoms with Crippen molar-refractivity contribution in [2.24, 2.45) is 0 Å². The molecule has 0 aromatic heterocycles. The van der Waals surface area contributed by atoms with Crippen LogP contribution in [0, 0.1) is 10.1 Å². The Bertz CT molecular complexity index is 975. The molecule has 1 N–H and O–H groups in total. The number of hydrogen-bond donors (Lipinski definition) is 1. The van der Waals surface area contributed by atoms with Crippen LogP contribution in [-0.4, -0.2) is 24.0 Å². The van der Waals surface area contributed by atoms with E-state index in [1.807, 2.05) is 0 Å². The predicted octanol–water partition coefficient (Wildman–Crippen LogP) is 4.20. The van der Waals surface area contributed by atoms with Gasteiger partial charge in [0.15, 0.2) is 9.84 Å². The van der Waals surface area contributed by atoms with Gasteiger partial charge in [0.1, 0.15) is 9.77 Å². The summed E-state index contributed by atoms with van der Waals surface area (Å²) < 4.78 is 24.6. The van der Waals surface area contributed by atoms with Crippen molar-refractivity contribution in [1.29, 1.82) is 0 Å². The molecule has 0 aliphatic carbocycles. The Morgan fingerprint density at radius 3 is 2.27 bits per heavy atom. The first-order valence-corrected chi connectivity index (χ1v) is 9.88. The van der Waals surface area contributed by atoms with Crippen LogP contribution in [0.25, 0.3) is 0 Å². The second-order valence-corrected chi connectivity index (χ2v) is 9.67. The van der Waals surface area contributed by atoms with E-state index in [2.05, 4.69) is 21.2 Å². The van der Waals surface area contributed by atoms with Gasteiger partial charge in [0.05, 0.1) is 9.82 Å². The molecule has 0 fully saturated rings. The van der Waals surface area contributed by atoms with Gasteiger partial charge in [0.2, 0.25) is 5.91 Å². The van der Waals surface area contributed by atoms with Gasteiger partial charge in [-0.2, -0.15) is 0 Å². The molecule has 0 bridgehead atoms. The van der Waals surface area contributed by atoms with E-state index in [-0.39, 0.29) is 21.3 Å². The van der Waals surface area contributed by atoms with Crippen LogP contribution >= 0.6 is 27.5 Å². The van der Waals surface area contributed by atoms with Gasteiger partial charge < -0.3 is 5.32 Å². The molecule has 0 spiro atoms. The molecule has 0 unspecified atom stereocenters. The number of carbonyl (C=O) groups excluding carboxylic acids is 1. The summed E-state index contributed by atoms with van der Waals surface area (Å²) in [6.45, 7) is 2.57. The van der Waals surface area contributed by atoms with Gasteiger partial charge in [0, 0.05) is 16.2 Å². The second kappa shape index (κ2) is 7.34. The monoisotopic (exact) mass is 460 g/mol. The normalized spacial score (nSPS) is 11.8. The molecule has 2 aromatic rings. The highest BCUT2D eigenvalue weighted by Gasteiger charge is 2.42. The van der Waals surface area contributed by atoms with E-state index in [4.69, 9.17) is 11.6 Å². The Labute approximate surface area is 163 Å². The van der Waals surface area contributed by atoms with Gasteiger partial charge in [-0.05, 0) is 50.2 Å². The molecule has 10 heteroatoms. The Morgan fingerprint density at radius 2 is 1.77 bits per heavy atom. The van der Waals surface area contributed by atoms with Crippen LogP contribution in [0.3, 0.4) is 0 Å². The summed E-state index contributed by atoms with van der Waals surface area (Å²) in [6, 6.07) is 9.54. The number of halogens is 2. The third-order valence-corrected chi connectivity index (χ3v) is 7.00. The van der Waals surface area contributed by atoms with Crippen molar-refractivity contribution in [2.75, 3.05) is 5.32 Å². The number of nitro benzene ring substituents is 1. The largest absolute Gasteiger partial charge is 0.325 e. The Hall–Kier alpha value is -1.97. The van der Waals surface area contributed by atoms with E-state index in [1.165, 1.54) is 38.1 Å². The Morgan fingerprint density at radius 1 is 1.19 bits per heavy atom. The predicted molar refractivity (Wildman–Crippen MR) is 102 cm³/mol. The van der Waals surface area contributed by atoms with Crippen molar-refractivity contribution in [3.63, 3.8) is 0 Å². The molecule has 2 rings (SSSR count). The van der Waals surface area contributed by atoms with Crippen molar-refractivity contribution in [3.8, 4) is 0 Å². The number of nitrogens with one attached hydrogen (secondary N) is 1. The lowest BCUT2D eigenvalue weighted by Crippen LogP contribution is -2.44. The van der Waals surface area contributed by atoms with Gasteiger partial charge in [-0.3, -0.25) is 14.9 Å². The molecule has 0 radical (unpaired) electrons. The quantitative estimate of drug-likeness (QED) is 0.530. The standard InChI is InChI=1S/C16H14BrClN2O5S/c1-16(2,26(24,25)12-6-3-10(17)4-7-12)15(21)19-11-5-8-14(20(22)23)13(18)9-11/h3-9H,1-2H3,(H,19,21). The fourth-order valence-corrected chi connectivity index (χ4v) is 3.94. The first-order valence-electron chi connectivity index (χ1n) is 7.22. The summed E-state index contributed by atoms with van der Waals surface area (Å²) in [5.41, 5.74) is -0.156. The highest BCUT2D eigenvalue weighted by atomic mass is 79.9. The molecule has 0 aliphatic rings. The Balaban J connectivity index is 2.31. The van der Waals surface area contributed by atoms with Gasteiger partial charge in [0.25, 0.3) is 5.69 Å². The van der Waals surface area contributed by atoms with Crippen LogP contribution in [0.5, 0.6) is 0 Å². The van der Waals surface area contributed by atoms with Crippen LogP contribution in [0.15, 0.2) is 51.8 Å². The minimum absolute atomic E-state index is 0.00239. The third-order valence-electron chi connectivity index (χ3n) is 3.74. The maximum atomic E-state index is 12.8. The average Bonchev–Trinajstić information content (AvgIpc) is 2.54. The number of carbonyl (C=O) groups is 1. The van der Waals surface area contributed by atoms with Gasteiger partial charge in [-0.25, -0.2) is 8.42 Å². The van der Waals surface area contributed by atoms with Crippen molar-refractivity contribution in [1.82, 2.24) is 0 Å². The van der Waals surface area contributed by atoms with Crippen LogP contribution in [0.1, 0.15) is 13.8 Å². The minimum Gasteiger partial charge on any atom is -0.325 e. The number of nitro groups is 1. The first-order chi connectivity index (χ1) is 12.0. The van der Waals surface area contributed by atoms with Crippen molar-refractivity contribution in [3.05, 3.63) is 62.1 Å². The van der Waals surface area contributed by atoms with E-state index in [0.29, 0.717) is 4.47 Å². The molecule has 0 aliphatic heterocycles. The summed E-state index contributed by atoms with van der Waals surface area (Å²) in [5.74, 6) is -0.787. The van der Waals surface area contributed by atoms with E-state index in [0.717, 1.165) is 6.07 Å². The summed E-state index contributed by atoms with van der Waals surface area (Å²) in [7, 11) is -3.98. The van der Waals surface area contributed by atoms with Crippen LogP contribution in [-0.2, 0) is 14.6 Å². The summed E-state index contributed by atoms with van der Waals surface area (Å²) in [4.78, 5) is 22.7. The molecule has 7 nitrogen and oxygen atoms in total. The van der Waals surface area contributed by atoms with Crippen molar-refractivity contribution >= 4 is 54.7 Å². The Kier molecular flexibility index (Phi) is 5.74. The van der Waals surface area contributed by atoms with Crippen LogP contribution in [0.2, 0.25) is 5.02 Å². The fraction of sp³-hybridized carbons (Fsp3) is 0.188. The SMILES string of the molecule is CC(C)(C(=O)Nc1ccc([N+](=O)[O-])c(Cl)c1)S(=O)(=O)c1ccc(Br)cc1. The molecule has 2 aromatic carbocycles. The average molecular weight is 462 g/mol. The number of benzene rings is 2. The lowest BCUT2D eigenvalue weighted by molar-refractivity contribution is -0.384. The number of hydrogen-bond acceptors (Lipinski definition) is 5. The molecule has 0 saturated heterocycles. The van der Waals surface area contributed by atoms with Crippen molar-refractivity contribution in [2.45, 2.75) is 23.5 Å². The van der Waals surface area contributed by atoms with E-state index < -0.39 is 25.4 Å². The summed E-state index contributed by atoms with van der Waals surface area (Å²) >= 11 is 9.03. The zero-order valence-electron chi connectivity index (χ0n) is 13.7. The molecule has 26 heavy (non-hydrogen) atoms. The summed E-state index contributed by atoms with van der Waals surface area (Å²) in [6.07, 6.45) is 0. The molecule has 0 heterocycles. The van der Waals surface area contributed by atoms with E-state index in [1.54, 1.807) is 12.1 Å². The fourth-order valence-electron chi connectivity index (χ4n) is 2.04. The number of nitrogens with zero attached hydrogens (tertiary/aromatic N) is 1. The topological polar surface area (TPSA) is 106 Å².